The van der Waals surface area contributed by atoms with Crippen molar-refractivity contribution in [3.63, 3.8) is 0 Å². The second kappa shape index (κ2) is 13.3. The van der Waals surface area contributed by atoms with Gasteiger partial charge in [-0.25, -0.2) is 0 Å². The van der Waals surface area contributed by atoms with Gasteiger partial charge in [0.2, 0.25) is 11.5 Å². The van der Waals surface area contributed by atoms with Gasteiger partial charge in [-0.05, 0) is 78.8 Å². The summed E-state index contributed by atoms with van der Waals surface area (Å²) in [5.41, 5.74) is 5.12. The molecular weight excluding hydrogens is 641 g/mol. The number of methoxy groups -OCH3 is 2. The molecule has 9 nitrogen and oxygen atoms in total. The van der Waals surface area contributed by atoms with Crippen LogP contribution in [0.5, 0.6) is 40.2 Å². The molecule has 0 aromatic heterocycles. The molecule has 47 heavy (non-hydrogen) atoms. The second-order valence-electron chi connectivity index (χ2n) is 12.7. The standard InChI is InChI=1S/C36H40O9S2/c1-42-29-15-25(32(39)36(43-2)34(29)41)35-33(40)26-17-46-47-21-5-3-4-18(12-21)6-7-19-13-24-30(22-9-8-20(38)14-23(19)22)27(44-11-10-37)16-28(45-35)31(24)26/h3,5,8-9,14-16,18-19,21,26,33,35,37-41H,4,6-7,10-13,17H2,1-2H3/t18-,19+,21-,26+,33-,35+/m1/s1. The van der Waals surface area contributed by atoms with E-state index in [0.717, 1.165) is 53.5 Å². The van der Waals surface area contributed by atoms with E-state index in [9.17, 15) is 25.5 Å². The number of hydrogen-bond donors (Lipinski definition) is 5. The zero-order valence-electron chi connectivity index (χ0n) is 26.3. The van der Waals surface area contributed by atoms with Gasteiger partial charge in [-0.1, -0.05) is 39.8 Å². The molecule has 250 valence electrons. The van der Waals surface area contributed by atoms with Crippen LogP contribution in [-0.4, -0.2) is 70.1 Å². The van der Waals surface area contributed by atoms with E-state index in [2.05, 4.69) is 12.2 Å². The maximum Gasteiger partial charge on any atom is 0.207 e. The molecule has 3 aromatic carbocycles. The first-order valence-electron chi connectivity index (χ1n) is 16.1. The van der Waals surface area contributed by atoms with Gasteiger partial charge in [0.05, 0.1) is 20.8 Å². The van der Waals surface area contributed by atoms with E-state index in [0.29, 0.717) is 34.8 Å². The molecule has 0 radical (unpaired) electrons. The lowest BCUT2D eigenvalue weighted by Crippen LogP contribution is -2.37. The Hall–Kier alpha value is -3.38. The lowest BCUT2D eigenvalue weighted by atomic mass is 9.71. The third-order valence-corrected chi connectivity index (χ3v) is 12.8. The Morgan fingerprint density at radius 2 is 1.83 bits per heavy atom. The first-order chi connectivity index (χ1) is 22.8. The molecule has 4 bridgehead atoms. The van der Waals surface area contributed by atoms with Crippen molar-refractivity contribution >= 4 is 21.6 Å². The van der Waals surface area contributed by atoms with Crippen LogP contribution >= 0.6 is 21.6 Å². The number of benzene rings is 3. The number of fused-ring (bicyclic) bond motifs is 6. The molecule has 11 heteroatoms. The van der Waals surface area contributed by atoms with Crippen molar-refractivity contribution in [3.8, 4) is 51.4 Å². The Bertz CT molecular complexity index is 1690. The Labute approximate surface area is 281 Å². The molecule has 0 fully saturated rings. The molecular formula is C36H40O9S2. The van der Waals surface area contributed by atoms with Crippen LogP contribution in [0.2, 0.25) is 0 Å². The van der Waals surface area contributed by atoms with Crippen molar-refractivity contribution in [2.24, 2.45) is 5.92 Å². The molecule has 0 amide bonds. The fraction of sp³-hybridized carbons (Fsp3) is 0.444. The molecule has 0 saturated heterocycles. The van der Waals surface area contributed by atoms with Crippen LogP contribution in [-0.2, 0) is 6.42 Å². The van der Waals surface area contributed by atoms with Crippen LogP contribution in [0.1, 0.15) is 65.9 Å². The molecule has 0 spiro atoms. The summed E-state index contributed by atoms with van der Waals surface area (Å²) in [4.78, 5) is 0. The largest absolute Gasteiger partial charge is 0.508 e. The predicted molar refractivity (Wildman–Crippen MR) is 182 cm³/mol. The Morgan fingerprint density at radius 1 is 0.979 bits per heavy atom. The molecule has 2 aliphatic carbocycles. The van der Waals surface area contributed by atoms with Crippen LogP contribution in [0, 0.1) is 5.92 Å². The molecule has 0 unspecified atom stereocenters. The average Bonchev–Trinajstić information content (AvgIpc) is 3.08. The average molecular weight is 681 g/mol. The molecule has 4 aliphatic rings. The molecule has 0 saturated carbocycles. The number of aliphatic hydroxyl groups excluding tert-OH is 2. The SMILES string of the molecule is COc1cc([C@@H]2Oc3cc(OCCO)c4c5c3[C@H](CSS[C@@H]3C=CC[C@H](CC[C@@H](C5)c5cc(O)ccc5-4)C3)[C@H]2O)c(O)c(OC)c1O. The molecule has 2 heterocycles. The van der Waals surface area contributed by atoms with Gasteiger partial charge in [0, 0.05) is 39.7 Å². The molecule has 6 atom stereocenters. The number of aliphatic hydroxyl groups is 2. The fourth-order valence-electron chi connectivity index (χ4n) is 7.80. The number of phenols is 3. The number of ether oxygens (including phenoxy) is 4. The predicted octanol–water partition coefficient (Wildman–Crippen LogP) is 6.59. The van der Waals surface area contributed by atoms with Crippen molar-refractivity contribution in [3.05, 3.63) is 64.7 Å². The highest BCUT2D eigenvalue weighted by Gasteiger charge is 2.45. The summed E-state index contributed by atoms with van der Waals surface area (Å²) in [6.45, 7) is -0.0968. The molecule has 3 aromatic rings. The van der Waals surface area contributed by atoms with E-state index in [4.69, 9.17) is 18.9 Å². The minimum absolute atomic E-state index is 0.0766. The summed E-state index contributed by atoms with van der Waals surface area (Å²) in [6.07, 6.45) is 7.36. The van der Waals surface area contributed by atoms with Gasteiger partial charge in [0.25, 0.3) is 0 Å². The van der Waals surface area contributed by atoms with E-state index < -0.39 is 18.1 Å². The van der Waals surface area contributed by atoms with Gasteiger partial charge in [0.15, 0.2) is 17.6 Å². The topological polar surface area (TPSA) is 138 Å². The third-order valence-electron chi connectivity index (χ3n) is 9.99. The highest BCUT2D eigenvalue weighted by atomic mass is 33.1. The Kier molecular flexibility index (Phi) is 9.08. The third kappa shape index (κ3) is 5.75. The van der Waals surface area contributed by atoms with Gasteiger partial charge in [-0.2, -0.15) is 0 Å². The Morgan fingerprint density at radius 3 is 2.62 bits per heavy atom. The minimum atomic E-state index is -1.08. The summed E-state index contributed by atoms with van der Waals surface area (Å²) in [6, 6.07) is 8.81. The summed E-state index contributed by atoms with van der Waals surface area (Å²) >= 11 is 0. The zero-order chi connectivity index (χ0) is 32.8. The van der Waals surface area contributed by atoms with E-state index in [1.165, 1.54) is 20.3 Å². The summed E-state index contributed by atoms with van der Waals surface area (Å²) in [7, 11) is 6.31. The van der Waals surface area contributed by atoms with Crippen LogP contribution in [0.3, 0.4) is 0 Å². The van der Waals surface area contributed by atoms with Crippen molar-refractivity contribution in [1.82, 2.24) is 0 Å². The van der Waals surface area contributed by atoms with Gasteiger partial charge in [0.1, 0.15) is 30.0 Å². The molecule has 5 N–H and O–H groups in total. The first-order valence-corrected chi connectivity index (χ1v) is 18.4. The normalized spacial score (nSPS) is 26.1. The van der Waals surface area contributed by atoms with Crippen LogP contribution in [0.4, 0.5) is 0 Å². The van der Waals surface area contributed by atoms with Gasteiger partial charge in [-0.15, -0.1) is 0 Å². The maximum atomic E-state index is 12.2. The second-order valence-corrected chi connectivity index (χ2v) is 15.3. The van der Waals surface area contributed by atoms with Crippen molar-refractivity contribution < 1.29 is 44.5 Å². The van der Waals surface area contributed by atoms with E-state index >= 15 is 0 Å². The van der Waals surface area contributed by atoms with Crippen LogP contribution in [0.25, 0.3) is 11.1 Å². The van der Waals surface area contributed by atoms with Crippen molar-refractivity contribution in [1.29, 1.82) is 0 Å². The quantitative estimate of drug-likeness (QED) is 0.142. The number of allylic oxidation sites excluding steroid dienone is 1. The number of rotatable bonds is 6. The number of aromatic hydroxyl groups is 3. The van der Waals surface area contributed by atoms with E-state index in [1.54, 1.807) is 16.9 Å². The summed E-state index contributed by atoms with van der Waals surface area (Å²) in [5.74, 6) is 1.41. The van der Waals surface area contributed by atoms with Crippen LogP contribution in [0.15, 0.2) is 42.5 Å². The Balaban J connectivity index is 1.44. The highest BCUT2D eigenvalue weighted by Crippen LogP contribution is 2.58. The van der Waals surface area contributed by atoms with Crippen molar-refractivity contribution in [2.45, 2.75) is 61.4 Å². The lowest BCUT2D eigenvalue weighted by molar-refractivity contribution is 0.00293. The van der Waals surface area contributed by atoms with E-state index in [-0.39, 0.29) is 53.4 Å². The number of phenolic OH excluding ortho intramolecular Hbond substituents is 3. The van der Waals surface area contributed by atoms with Crippen LogP contribution < -0.4 is 18.9 Å². The van der Waals surface area contributed by atoms with Crippen molar-refractivity contribution in [2.75, 3.05) is 33.2 Å². The monoisotopic (exact) mass is 680 g/mol. The summed E-state index contributed by atoms with van der Waals surface area (Å²) in [5, 5.41) is 54.9. The first kappa shape index (κ1) is 32.2. The molecule has 2 aliphatic heterocycles. The van der Waals surface area contributed by atoms with E-state index in [1.807, 2.05) is 29.0 Å². The van der Waals surface area contributed by atoms with Gasteiger partial charge in [-0.3, -0.25) is 0 Å². The smallest absolute Gasteiger partial charge is 0.207 e. The minimum Gasteiger partial charge on any atom is -0.508 e. The van der Waals surface area contributed by atoms with Gasteiger partial charge < -0.3 is 44.5 Å². The zero-order valence-corrected chi connectivity index (χ0v) is 28.0. The highest BCUT2D eigenvalue weighted by molar-refractivity contribution is 8.77. The molecule has 7 rings (SSSR count). The summed E-state index contributed by atoms with van der Waals surface area (Å²) < 4.78 is 23.6. The number of hydrogen-bond acceptors (Lipinski definition) is 11. The maximum absolute atomic E-state index is 12.2. The lowest BCUT2D eigenvalue weighted by Gasteiger charge is -2.41. The fourth-order valence-corrected chi connectivity index (χ4v) is 10.7. The van der Waals surface area contributed by atoms with Gasteiger partial charge >= 0.3 is 0 Å².